The van der Waals surface area contributed by atoms with Crippen LogP contribution in [0.5, 0.6) is 0 Å². The highest BCUT2D eigenvalue weighted by Crippen LogP contribution is 2.32. The monoisotopic (exact) mass is 358 g/mol. The summed E-state index contributed by atoms with van der Waals surface area (Å²) in [6, 6.07) is 7.96. The number of hydrogen-bond donors (Lipinski definition) is 0. The Morgan fingerprint density at radius 2 is 1.85 bits per heavy atom. The largest absolute Gasteiger partial charge is 0.299 e. The van der Waals surface area contributed by atoms with E-state index in [1.54, 1.807) is 22.5 Å². The summed E-state index contributed by atoms with van der Waals surface area (Å²) in [7, 11) is -1.28. The van der Waals surface area contributed by atoms with Crippen LogP contribution >= 0.6 is 15.9 Å². The molecule has 0 spiro atoms. The molecule has 1 aromatic carbocycles. The summed E-state index contributed by atoms with van der Waals surface area (Å²) >= 11 is 3.35. The van der Waals surface area contributed by atoms with E-state index in [4.69, 9.17) is 0 Å². The average Bonchev–Trinajstić information content (AvgIpc) is 2.62. The molecule has 2 aliphatic heterocycles. The van der Waals surface area contributed by atoms with E-state index in [9.17, 15) is 8.42 Å². The van der Waals surface area contributed by atoms with Gasteiger partial charge in [-0.25, -0.2) is 8.42 Å². The third-order valence-electron chi connectivity index (χ3n) is 4.57. The number of sulfonamides is 1. The van der Waals surface area contributed by atoms with Gasteiger partial charge in [-0.15, -0.1) is 0 Å². The lowest BCUT2D eigenvalue weighted by atomic mass is 10.1. The van der Waals surface area contributed by atoms with Crippen LogP contribution in [0.4, 0.5) is 0 Å². The van der Waals surface area contributed by atoms with Crippen molar-refractivity contribution in [1.82, 2.24) is 9.21 Å². The Morgan fingerprint density at radius 1 is 1.15 bits per heavy atom. The van der Waals surface area contributed by atoms with Crippen molar-refractivity contribution in [3.63, 3.8) is 0 Å². The van der Waals surface area contributed by atoms with Gasteiger partial charge in [0.05, 0.1) is 4.90 Å². The molecule has 0 aromatic heterocycles. The lowest BCUT2D eigenvalue weighted by Gasteiger charge is -2.25. The predicted octanol–water partition coefficient (Wildman–Crippen LogP) is 2.31. The molecule has 2 bridgehead atoms. The van der Waals surface area contributed by atoms with Gasteiger partial charge < -0.3 is 0 Å². The van der Waals surface area contributed by atoms with E-state index in [1.807, 2.05) is 6.07 Å². The molecule has 0 radical (unpaired) electrons. The maximum absolute atomic E-state index is 12.8. The first-order valence-corrected chi connectivity index (χ1v) is 9.20. The third-order valence-corrected chi connectivity index (χ3v) is 7.44. The van der Waals surface area contributed by atoms with Crippen LogP contribution in [0.1, 0.15) is 19.3 Å². The molecule has 2 unspecified atom stereocenters. The molecule has 0 amide bonds. The van der Waals surface area contributed by atoms with Crippen molar-refractivity contribution in [3.05, 3.63) is 28.7 Å². The molecule has 0 aliphatic carbocycles. The van der Waals surface area contributed by atoms with Gasteiger partial charge in [0.2, 0.25) is 10.0 Å². The van der Waals surface area contributed by atoms with Crippen LogP contribution in [0.2, 0.25) is 0 Å². The van der Waals surface area contributed by atoms with Gasteiger partial charge in [-0.3, -0.25) is 4.90 Å². The molecule has 1 aromatic rings. The zero-order chi connectivity index (χ0) is 14.3. The van der Waals surface area contributed by atoms with Crippen molar-refractivity contribution in [2.24, 2.45) is 0 Å². The van der Waals surface area contributed by atoms with Gasteiger partial charge in [0.15, 0.2) is 0 Å². The summed E-state index contributed by atoms with van der Waals surface area (Å²) in [5.74, 6) is 0. The highest BCUT2D eigenvalue weighted by atomic mass is 79.9. The van der Waals surface area contributed by atoms with E-state index >= 15 is 0 Å². The highest BCUT2D eigenvalue weighted by Gasteiger charge is 2.38. The van der Waals surface area contributed by atoms with Crippen LogP contribution in [0.15, 0.2) is 33.6 Å². The summed E-state index contributed by atoms with van der Waals surface area (Å²) in [6.07, 6.45) is 3.23. The fourth-order valence-corrected chi connectivity index (χ4v) is 5.74. The first-order chi connectivity index (χ1) is 9.50. The molecule has 2 fully saturated rings. The molecule has 20 heavy (non-hydrogen) atoms. The number of likely N-dealkylation sites (N-methyl/N-ethyl adjacent to an activating group) is 1. The van der Waals surface area contributed by atoms with Gasteiger partial charge in [0.25, 0.3) is 0 Å². The Kier molecular flexibility index (Phi) is 3.92. The molecular weight excluding hydrogens is 340 g/mol. The van der Waals surface area contributed by atoms with E-state index in [0.717, 1.165) is 12.8 Å². The van der Waals surface area contributed by atoms with Crippen molar-refractivity contribution in [2.75, 3.05) is 20.1 Å². The zero-order valence-corrected chi connectivity index (χ0v) is 13.9. The molecule has 0 saturated carbocycles. The van der Waals surface area contributed by atoms with E-state index in [1.165, 1.54) is 6.42 Å². The molecule has 4 nitrogen and oxygen atoms in total. The number of fused-ring (bicyclic) bond motifs is 2. The predicted molar refractivity (Wildman–Crippen MR) is 82.1 cm³/mol. The minimum atomic E-state index is -3.40. The van der Waals surface area contributed by atoms with Gasteiger partial charge in [0.1, 0.15) is 0 Å². The van der Waals surface area contributed by atoms with Gasteiger partial charge in [-0.1, -0.05) is 12.1 Å². The van der Waals surface area contributed by atoms with E-state index in [2.05, 4.69) is 27.9 Å². The fourth-order valence-electron chi connectivity index (χ4n) is 3.29. The second-order valence-electron chi connectivity index (χ2n) is 5.63. The maximum atomic E-state index is 12.8. The third kappa shape index (κ3) is 2.43. The Morgan fingerprint density at radius 3 is 2.60 bits per heavy atom. The summed E-state index contributed by atoms with van der Waals surface area (Å²) in [5, 5.41) is 0. The van der Waals surface area contributed by atoms with Crippen molar-refractivity contribution in [3.8, 4) is 0 Å². The number of rotatable bonds is 2. The Labute approximate surface area is 128 Å². The van der Waals surface area contributed by atoms with Gasteiger partial charge in [-0.05, 0) is 54.4 Å². The van der Waals surface area contributed by atoms with Crippen LogP contribution < -0.4 is 0 Å². The number of nitrogens with zero attached hydrogens (tertiary/aromatic N) is 2. The first kappa shape index (κ1) is 14.5. The minimum absolute atomic E-state index is 0.361. The summed E-state index contributed by atoms with van der Waals surface area (Å²) in [5.41, 5.74) is 0. The second-order valence-corrected chi connectivity index (χ2v) is 8.39. The van der Waals surface area contributed by atoms with Crippen LogP contribution in [0, 0.1) is 0 Å². The molecule has 2 atom stereocenters. The van der Waals surface area contributed by atoms with E-state index < -0.39 is 10.0 Å². The lowest BCUT2D eigenvalue weighted by Crippen LogP contribution is -2.39. The van der Waals surface area contributed by atoms with Gasteiger partial charge >= 0.3 is 0 Å². The zero-order valence-electron chi connectivity index (χ0n) is 11.5. The molecular formula is C14H19BrN2O2S. The van der Waals surface area contributed by atoms with Crippen LogP contribution in [-0.2, 0) is 10.0 Å². The standard InChI is InChI=1S/C14H19BrN2O2S/c1-16-11-6-7-12(16)10-17(9-8-11)20(18,19)14-5-3-2-4-13(14)15/h2-5,11-12H,6-10H2,1H3. The van der Waals surface area contributed by atoms with E-state index in [0.29, 0.717) is 34.5 Å². The fraction of sp³-hybridized carbons (Fsp3) is 0.571. The SMILES string of the molecule is CN1C2CCC1CN(S(=O)(=O)c1ccccc1Br)CC2. The quantitative estimate of drug-likeness (QED) is 0.814. The second kappa shape index (κ2) is 5.40. The number of benzene rings is 1. The average molecular weight is 359 g/mol. The normalized spacial score (nSPS) is 28.5. The first-order valence-electron chi connectivity index (χ1n) is 6.97. The molecule has 0 N–H and O–H groups in total. The van der Waals surface area contributed by atoms with Crippen LogP contribution in [0.3, 0.4) is 0 Å². The summed E-state index contributed by atoms with van der Waals surface area (Å²) in [4.78, 5) is 2.73. The highest BCUT2D eigenvalue weighted by molar-refractivity contribution is 9.10. The van der Waals surface area contributed by atoms with E-state index in [-0.39, 0.29) is 0 Å². The molecule has 3 rings (SSSR count). The van der Waals surface area contributed by atoms with Crippen LogP contribution in [-0.4, -0.2) is 49.8 Å². The molecule has 2 heterocycles. The summed E-state index contributed by atoms with van der Waals surface area (Å²) in [6.45, 7) is 1.23. The minimum Gasteiger partial charge on any atom is -0.299 e. The lowest BCUT2D eigenvalue weighted by molar-refractivity contribution is 0.246. The summed E-state index contributed by atoms with van der Waals surface area (Å²) < 4.78 is 27.9. The van der Waals surface area contributed by atoms with Crippen molar-refractivity contribution >= 4 is 26.0 Å². The van der Waals surface area contributed by atoms with Crippen molar-refractivity contribution in [2.45, 2.75) is 36.2 Å². The van der Waals surface area contributed by atoms with Crippen LogP contribution in [0.25, 0.3) is 0 Å². The van der Waals surface area contributed by atoms with Crippen molar-refractivity contribution < 1.29 is 8.42 Å². The number of hydrogen-bond acceptors (Lipinski definition) is 3. The van der Waals surface area contributed by atoms with Crippen molar-refractivity contribution in [1.29, 1.82) is 0 Å². The maximum Gasteiger partial charge on any atom is 0.244 e. The Hall–Kier alpha value is -0.430. The topological polar surface area (TPSA) is 40.6 Å². The molecule has 2 aliphatic rings. The smallest absolute Gasteiger partial charge is 0.244 e. The Bertz CT molecular complexity index is 605. The molecule has 6 heteroatoms. The van der Waals surface area contributed by atoms with Gasteiger partial charge in [0, 0.05) is 29.6 Å². The number of halogens is 1. The van der Waals surface area contributed by atoms with Gasteiger partial charge in [-0.2, -0.15) is 4.31 Å². The molecule has 2 saturated heterocycles. The Balaban J connectivity index is 1.91. The molecule has 110 valence electrons.